The number of halogens is 2. The molecule has 2 aliphatic heterocycles. The van der Waals surface area contributed by atoms with Crippen LogP contribution >= 0.6 is 11.3 Å². The number of nitrogens with one attached hydrogen (secondary N) is 2. The van der Waals surface area contributed by atoms with E-state index < -0.39 is 27.8 Å². The van der Waals surface area contributed by atoms with E-state index in [0.717, 1.165) is 49.3 Å². The fourth-order valence-electron chi connectivity index (χ4n) is 3.52. The van der Waals surface area contributed by atoms with Crippen molar-refractivity contribution in [3.8, 4) is 0 Å². The third-order valence-corrected chi connectivity index (χ3v) is 6.49. The van der Waals surface area contributed by atoms with Crippen molar-refractivity contribution < 1.29 is 22.0 Å². The molecule has 0 spiro atoms. The molecular weight excluding hydrogens is 422 g/mol. The highest BCUT2D eigenvalue weighted by Crippen LogP contribution is 2.35. The summed E-state index contributed by atoms with van der Waals surface area (Å²) < 4.78 is 53.6. The normalized spacial score (nSPS) is 20.4. The zero-order chi connectivity index (χ0) is 20.6. The molecule has 0 aliphatic carbocycles. The highest BCUT2D eigenvalue weighted by atomic mass is 32.2. The largest absolute Gasteiger partial charge is 0.387 e. The Morgan fingerprint density at radius 1 is 1.24 bits per heavy atom. The monoisotopic (exact) mass is 442 g/mol. The first-order chi connectivity index (χ1) is 13.8. The zero-order valence-electron chi connectivity index (χ0n) is 15.6. The zero-order valence-corrected chi connectivity index (χ0v) is 17.2. The predicted molar refractivity (Wildman–Crippen MR) is 107 cm³/mol. The third kappa shape index (κ3) is 4.57. The van der Waals surface area contributed by atoms with Crippen LogP contribution in [0.4, 0.5) is 14.5 Å². The van der Waals surface area contributed by atoms with Gasteiger partial charge in [0.1, 0.15) is 17.3 Å². The first kappa shape index (κ1) is 20.2. The lowest BCUT2D eigenvalue weighted by molar-refractivity contribution is 0.0800. The van der Waals surface area contributed by atoms with Crippen molar-refractivity contribution in [2.45, 2.75) is 31.3 Å². The second kappa shape index (κ2) is 7.96. The van der Waals surface area contributed by atoms with Gasteiger partial charge in [-0.15, -0.1) is 11.3 Å². The van der Waals surface area contributed by atoms with Crippen LogP contribution in [-0.2, 0) is 14.9 Å². The Hall–Kier alpha value is -2.11. The maximum Gasteiger partial charge on any atom is 0.229 e. The lowest BCUT2D eigenvalue weighted by Crippen LogP contribution is -2.26. The van der Waals surface area contributed by atoms with E-state index in [0.29, 0.717) is 17.3 Å². The van der Waals surface area contributed by atoms with E-state index in [9.17, 15) is 17.2 Å². The molecule has 156 valence electrons. The van der Waals surface area contributed by atoms with Crippen molar-refractivity contribution in [1.82, 2.24) is 10.3 Å². The summed E-state index contributed by atoms with van der Waals surface area (Å²) in [6.07, 6.45) is 2.22. The molecule has 2 aliphatic rings. The average molecular weight is 443 g/mol. The highest BCUT2D eigenvalue weighted by molar-refractivity contribution is 7.92. The van der Waals surface area contributed by atoms with E-state index in [1.165, 1.54) is 0 Å². The molecular formula is C18H20F2N4O3S2. The quantitative estimate of drug-likeness (QED) is 0.742. The average Bonchev–Trinajstić information content (AvgIpc) is 3.30. The number of hydrogen-bond acceptors (Lipinski definition) is 7. The van der Waals surface area contributed by atoms with Gasteiger partial charge in [0.15, 0.2) is 6.10 Å². The minimum atomic E-state index is -3.64. The Labute approximate surface area is 171 Å². The summed E-state index contributed by atoms with van der Waals surface area (Å²) in [5.74, 6) is -1.38. The number of sulfonamides is 1. The molecule has 1 atom stereocenters. The molecule has 1 saturated heterocycles. The van der Waals surface area contributed by atoms with Gasteiger partial charge in [-0.2, -0.15) is 0 Å². The first-order valence-electron chi connectivity index (χ1n) is 9.16. The Bertz CT molecular complexity index is 1030. The van der Waals surface area contributed by atoms with Crippen LogP contribution in [0.15, 0.2) is 22.7 Å². The van der Waals surface area contributed by atoms with Crippen LogP contribution in [-0.4, -0.2) is 38.5 Å². The van der Waals surface area contributed by atoms with Gasteiger partial charge >= 0.3 is 0 Å². The van der Waals surface area contributed by atoms with E-state index in [2.05, 4.69) is 20.2 Å². The van der Waals surface area contributed by atoms with Gasteiger partial charge in [-0.1, -0.05) is 5.16 Å². The van der Waals surface area contributed by atoms with Gasteiger partial charge in [-0.05, 0) is 38.1 Å². The number of benzene rings is 1. The molecule has 1 aromatic heterocycles. The Balaban J connectivity index is 1.49. The lowest BCUT2D eigenvalue weighted by Gasteiger charge is -2.20. The third-order valence-electron chi connectivity index (χ3n) is 4.88. The molecule has 3 heterocycles. The smallest absolute Gasteiger partial charge is 0.229 e. The van der Waals surface area contributed by atoms with Gasteiger partial charge in [-0.3, -0.25) is 4.72 Å². The number of aromatic nitrogens is 1. The summed E-state index contributed by atoms with van der Waals surface area (Å²) in [5, 5.41) is 10.3. The number of hydrogen-bond donors (Lipinski definition) is 2. The minimum absolute atomic E-state index is 0.183. The molecule has 0 radical (unpaired) electrons. The standard InChI is InChI=1S/C18H20F2N4O3S2/c1-29(25,26)24-11-6-12(19)17(13(20)7-11)16-8-14(23-27-16)15-9-28-18(22-15)10-2-4-21-5-3-10/h6-7,9-10,16,21,24H,2-5,8H2,1H3. The van der Waals surface area contributed by atoms with Crippen LogP contribution in [0.25, 0.3) is 0 Å². The topological polar surface area (TPSA) is 92.7 Å². The molecule has 4 rings (SSSR count). The van der Waals surface area contributed by atoms with E-state index in [1.54, 1.807) is 11.3 Å². The summed E-state index contributed by atoms with van der Waals surface area (Å²) in [4.78, 5) is 9.95. The predicted octanol–water partition coefficient (Wildman–Crippen LogP) is 3.13. The van der Waals surface area contributed by atoms with Crippen LogP contribution in [0.1, 0.15) is 47.5 Å². The first-order valence-corrected chi connectivity index (χ1v) is 11.9. The molecule has 29 heavy (non-hydrogen) atoms. The fourth-order valence-corrected chi connectivity index (χ4v) is 5.07. The van der Waals surface area contributed by atoms with Gasteiger partial charge < -0.3 is 10.2 Å². The fraction of sp³-hybridized carbons (Fsp3) is 0.444. The molecule has 1 aromatic carbocycles. The van der Waals surface area contributed by atoms with E-state index >= 15 is 0 Å². The van der Waals surface area contributed by atoms with Gasteiger partial charge in [0.05, 0.1) is 28.2 Å². The number of rotatable bonds is 5. The number of oxime groups is 1. The van der Waals surface area contributed by atoms with Gasteiger partial charge in [0.25, 0.3) is 0 Å². The van der Waals surface area contributed by atoms with Crippen LogP contribution in [0, 0.1) is 11.6 Å². The Kier molecular flexibility index (Phi) is 5.54. The van der Waals surface area contributed by atoms with Crippen LogP contribution < -0.4 is 10.0 Å². The van der Waals surface area contributed by atoms with Crippen molar-refractivity contribution in [3.05, 3.63) is 45.4 Å². The molecule has 2 aromatic rings. The van der Waals surface area contributed by atoms with Crippen molar-refractivity contribution >= 4 is 32.8 Å². The van der Waals surface area contributed by atoms with Crippen molar-refractivity contribution in [2.24, 2.45) is 5.16 Å². The molecule has 11 heteroatoms. The SMILES string of the molecule is CS(=O)(=O)Nc1cc(F)c(C2CC(c3csc(C4CCNCC4)n3)=NO2)c(F)c1. The summed E-state index contributed by atoms with van der Waals surface area (Å²) in [5.41, 5.74) is 0.749. The Morgan fingerprint density at radius 3 is 2.59 bits per heavy atom. The summed E-state index contributed by atoms with van der Waals surface area (Å²) in [6, 6.07) is 1.86. The van der Waals surface area contributed by atoms with Crippen molar-refractivity contribution in [1.29, 1.82) is 0 Å². The molecule has 1 unspecified atom stereocenters. The maximum absolute atomic E-state index is 14.5. The van der Waals surface area contributed by atoms with Gasteiger partial charge in [0, 0.05) is 17.7 Å². The molecule has 0 bridgehead atoms. The highest BCUT2D eigenvalue weighted by Gasteiger charge is 2.31. The van der Waals surface area contributed by atoms with Gasteiger partial charge in [-0.25, -0.2) is 22.2 Å². The second-order valence-electron chi connectivity index (χ2n) is 7.16. The van der Waals surface area contributed by atoms with E-state index in [4.69, 9.17) is 4.84 Å². The Morgan fingerprint density at radius 2 is 1.93 bits per heavy atom. The number of nitrogens with zero attached hydrogens (tertiary/aromatic N) is 2. The van der Waals surface area contributed by atoms with Crippen LogP contribution in [0.2, 0.25) is 0 Å². The molecule has 2 N–H and O–H groups in total. The summed E-state index contributed by atoms with van der Waals surface area (Å²) in [6.45, 7) is 1.93. The maximum atomic E-state index is 14.5. The second-order valence-corrected chi connectivity index (χ2v) is 9.80. The van der Waals surface area contributed by atoms with Crippen LogP contribution in [0.5, 0.6) is 0 Å². The summed E-state index contributed by atoms with van der Waals surface area (Å²) in [7, 11) is -3.64. The lowest BCUT2D eigenvalue weighted by atomic mass is 9.99. The van der Waals surface area contributed by atoms with Crippen molar-refractivity contribution in [3.63, 3.8) is 0 Å². The van der Waals surface area contributed by atoms with E-state index in [-0.39, 0.29) is 17.7 Å². The van der Waals surface area contributed by atoms with Crippen molar-refractivity contribution in [2.75, 3.05) is 24.1 Å². The van der Waals surface area contributed by atoms with E-state index in [1.807, 2.05) is 5.38 Å². The molecule has 7 nitrogen and oxygen atoms in total. The molecule has 0 amide bonds. The van der Waals surface area contributed by atoms with Crippen LogP contribution in [0.3, 0.4) is 0 Å². The number of thiazole rings is 1. The minimum Gasteiger partial charge on any atom is -0.387 e. The summed E-state index contributed by atoms with van der Waals surface area (Å²) >= 11 is 1.56. The molecule has 1 fully saturated rings. The number of piperidine rings is 1. The van der Waals surface area contributed by atoms with Gasteiger partial charge in [0.2, 0.25) is 10.0 Å². The molecule has 0 saturated carbocycles. The number of anilines is 1.